The molecule has 3 nitrogen and oxygen atoms in total. The van der Waals surface area contributed by atoms with Crippen LogP contribution in [0.15, 0.2) is 18.3 Å². The van der Waals surface area contributed by atoms with Crippen LogP contribution in [0, 0.1) is 0 Å². The van der Waals surface area contributed by atoms with E-state index in [2.05, 4.69) is 9.72 Å². The highest BCUT2D eigenvalue weighted by molar-refractivity contribution is 5.32. The molecule has 0 saturated carbocycles. The highest BCUT2D eigenvalue weighted by Gasteiger charge is 2.32. The molecule has 1 heterocycles. The van der Waals surface area contributed by atoms with Crippen molar-refractivity contribution < 1.29 is 22.6 Å². The third-order valence-electron chi connectivity index (χ3n) is 1.24. The summed E-state index contributed by atoms with van der Waals surface area (Å²) in [6, 6.07) is 2.48. The summed E-state index contributed by atoms with van der Waals surface area (Å²) in [6.45, 7) is 5.87. The topological polar surface area (TPSA) is 31.4 Å². The van der Waals surface area contributed by atoms with Crippen molar-refractivity contribution in [1.82, 2.24) is 4.98 Å². The van der Waals surface area contributed by atoms with Gasteiger partial charge in [-0.3, -0.25) is 0 Å². The number of pyridine rings is 1. The van der Waals surface area contributed by atoms with Crippen molar-refractivity contribution in [1.29, 1.82) is 0 Å². The Morgan fingerprint density at radius 2 is 1.94 bits per heavy atom. The molecule has 92 valence electrons. The third kappa shape index (κ3) is 5.43. The number of hydrogen-bond acceptors (Lipinski definition) is 3. The summed E-state index contributed by atoms with van der Waals surface area (Å²) in [4.78, 5) is 3.61. The first-order chi connectivity index (χ1) is 7.53. The van der Waals surface area contributed by atoms with E-state index in [1.807, 2.05) is 13.8 Å². The number of aromatic nitrogens is 1. The molecule has 0 bridgehead atoms. The van der Waals surface area contributed by atoms with Gasteiger partial charge in [0.1, 0.15) is 0 Å². The zero-order chi connectivity index (χ0) is 12.6. The average molecular weight is 237 g/mol. The molecule has 0 radical (unpaired) electrons. The van der Waals surface area contributed by atoms with Crippen LogP contribution in [0.1, 0.15) is 20.8 Å². The van der Waals surface area contributed by atoms with E-state index in [-0.39, 0.29) is 12.5 Å². The lowest BCUT2D eigenvalue weighted by molar-refractivity contribution is -0.275. The van der Waals surface area contributed by atoms with E-state index in [9.17, 15) is 13.2 Å². The zero-order valence-electron chi connectivity index (χ0n) is 9.34. The molecule has 0 saturated heterocycles. The van der Waals surface area contributed by atoms with Crippen LogP contribution in [0.3, 0.4) is 0 Å². The SMILES string of the molecule is CC.CCOc1ncccc1OC(F)(F)F. The average Bonchev–Trinajstić information content (AvgIpc) is 2.22. The van der Waals surface area contributed by atoms with Crippen LogP contribution < -0.4 is 9.47 Å². The number of rotatable bonds is 3. The number of halogens is 3. The summed E-state index contributed by atoms with van der Waals surface area (Å²) < 4.78 is 44.1. The molecule has 0 amide bonds. The summed E-state index contributed by atoms with van der Waals surface area (Å²) in [5.74, 6) is -0.589. The molecule has 0 N–H and O–H groups in total. The summed E-state index contributed by atoms with van der Waals surface area (Å²) in [6.07, 6.45) is -3.40. The van der Waals surface area contributed by atoms with Gasteiger partial charge in [0.05, 0.1) is 6.61 Å². The Bertz CT molecular complexity index is 302. The minimum absolute atomic E-state index is 0.160. The van der Waals surface area contributed by atoms with Gasteiger partial charge in [0.2, 0.25) is 0 Å². The Labute approximate surface area is 92.2 Å². The molecule has 1 rings (SSSR count). The smallest absolute Gasteiger partial charge is 0.475 e. The second-order valence-electron chi connectivity index (χ2n) is 2.29. The molecule has 0 aliphatic heterocycles. The maximum Gasteiger partial charge on any atom is 0.573 e. The Morgan fingerprint density at radius 3 is 2.44 bits per heavy atom. The lowest BCUT2D eigenvalue weighted by Crippen LogP contribution is -2.18. The lowest BCUT2D eigenvalue weighted by atomic mass is 10.4. The fraction of sp³-hybridized carbons (Fsp3) is 0.500. The van der Waals surface area contributed by atoms with Crippen molar-refractivity contribution in [2.45, 2.75) is 27.1 Å². The lowest BCUT2D eigenvalue weighted by Gasteiger charge is -2.11. The first-order valence-electron chi connectivity index (χ1n) is 4.86. The highest BCUT2D eigenvalue weighted by Crippen LogP contribution is 2.29. The summed E-state index contributed by atoms with van der Waals surface area (Å²) in [5.41, 5.74) is 0. The van der Waals surface area contributed by atoms with Gasteiger partial charge in [-0.25, -0.2) is 4.98 Å². The first-order valence-corrected chi connectivity index (χ1v) is 4.86. The molecule has 16 heavy (non-hydrogen) atoms. The minimum atomic E-state index is -4.73. The highest BCUT2D eigenvalue weighted by atomic mass is 19.4. The van der Waals surface area contributed by atoms with E-state index < -0.39 is 12.1 Å². The van der Waals surface area contributed by atoms with Crippen molar-refractivity contribution in [3.8, 4) is 11.6 Å². The summed E-state index contributed by atoms with van der Waals surface area (Å²) in [5, 5.41) is 0. The van der Waals surface area contributed by atoms with Crippen molar-refractivity contribution >= 4 is 0 Å². The van der Waals surface area contributed by atoms with Gasteiger partial charge in [-0.05, 0) is 19.1 Å². The molecule has 1 aromatic rings. The number of nitrogens with zero attached hydrogens (tertiary/aromatic N) is 1. The Balaban J connectivity index is 0.00000106. The molecule has 0 fully saturated rings. The van der Waals surface area contributed by atoms with Crippen LogP contribution in [-0.2, 0) is 0 Å². The van der Waals surface area contributed by atoms with Gasteiger partial charge in [-0.2, -0.15) is 0 Å². The fourth-order valence-electron chi connectivity index (χ4n) is 0.824. The fourth-order valence-corrected chi connectivity index (χ4v) is 0.824. The van der Waals surface area contributed by atoms with Gasteiger partial charge < -0.3 is 9.47 Å². The monoisotopic (exact) mass is 237 g/mol. The summed E-state index contributed by atoms with van der Waals surface area (Å²) >= 11 is 0. The molecule has 0 aliphatic carbocycles. The molecule has 0 aromatic carbocycles. The number of hydrogen-bond donors (Lipinski definition) is 0. The maximum absolute atomic E-state index is 11.9. The van der Waals surface area contributed by atoms with Crippen LogP contribution in [0.25, 0.3) is 0 Å². The molecule has 0 spiro atoms. The van der Waals surface area contributed by atoms with Crippen LogP contribution in [0.4, 0.5) is 13.2 Å². The van der Waals surface area contributed by atoms with E-state index in [4.69, 9.17) is 4.74 Å². The third-order valence-corrected chi connectivity index (χ3v) is 1.24. The van der Waals surface area contributed by atoms with Gasteiger partial charge in [0.25, 0.3) is 5.88 Å². The molecular weight excluding hydrogens is 223 g/mol. The predicted molar refractivity (Wildman–Crippen MR) is 53.4 cm³/mol. The second-order valence-corrected chi connectivity index (χ2v) is 2.29. The van der Waals surface area contributed by atoms with E-state index >= 15 is 0 Å². The maximum atomic E-state index is 11.9. The van der Waals surface area contributed by atoms with Crippen LogP contribution in [0.5, 0.6) is 11.6 Å². The van der Waals surface area contributed by atoms with Crippen molar-refractivity contribution in [2.24, 2.45) is 0 Å². The van der Waals surface area contributed by atoms with Crippen molar-refractivity contribution in [3.05, 3.63) is 18.3 Å². The Kier molecular flexibility index (Phi) is 6.29. The van der Waals surface area contributed by atoms with Gasteiger partial charge in [0.15, 0.2) is 5.75 Å². The van der Waals surface area contributed by atoms with Crippen molar-refractivity contribution in [3.63, 3.8) is 0 Å². The van der Waals surface area contributed by atoms with Crippen molar-refractivity contribution in [2.75, 3.05) is 6.61 Å². The van der Waals surface area contributed by atoms with Gasteiger partial charge in [0, 0.05) is 6.20 Å². The number of alkyl halides is 3. The summed E-state index contributed by atoms with van der Waals surface area (Å²) in [7, 11) is 0. The van der Waals surface area contributed by atoms with Gasteiger partial charge in [-0.15, -0.1) is 13.2 Å². The number of ether oxygens (including phenoxy) is 2. The van der Waals surface area contributed by atoms with Crippen LogP contribution in [0.2, 0.25) is 0 Å². The van der Waals surface area contributed by atoms with Gasteiger partial charge in [-0.1, -0.05) is 13.8 Å². The molecule has 0 aliphatic rings. The predicted octanol–water partition coefficient (Wildman–Crippen LogP) is 3.41. The zero-order valence-corrected chi connectivity index (χ0v) is 9.34. The van der Waals surface area contributed by atoms with Crippen LogP contribution >= 0.6 is 0 Å². The molecular formula is C10H14F3NO2. The Hall–Kier alpha value is -1.46. The first kappa shape index (κ1) is 14.5. The second kappa shape index (κ2) is 6.92. The quantitative estimate of drug-likeness (QED) is 0.807. The van der Waals surface area contributed by atoms with E-state index in [1.165, 1.54) is 12.3 Å². The largest absolute Gasteiger partial charge is 0.573 e. The molecule has 0 atom stereocenters. The molecule has 6 heteroatoms. The Morgan fingerprint density at radius 1 is 1.31 bits per heavy atom. The minimum Gasteiger partial charge on any atom is -0.475 e. The standard InChI is InChI=1S/C8H8F3NO2.C2H6/c1-2-13-7-6(4-3-5-12-7)14-8(9,10)11;1-2/h3-5H,2H2,1H3;1-2H3. The molecule has 0 unspecified atom stereocenters. The van der Waals surface area contributed by atoms with Gasteiger partial charge >= 0.3 is 6.36 Å². The normalized spacial score (nSPS) is 10.1. The van der Waals surface area contributed by atoms with E-state index in [0.717, 1.165) is 6.07 Å². The van der Waals surface area contributed by atoms with E-state index in [0.29, 0.717) is 0 Å². The van der Waals surface area contributed by atoms with Crippen LogP contribution in [-0.4, -0.2) is 18.0 Å². The molecule has 1 aromatic heterocycles. The van der Waals surface area contributed by atoms with E-state index in [1.54, 1.807) is 6.92 Å².